The Morgan fingerprint density at radius 1 is 1.20 bits per heavy atom. The van der Waals surface area contributed by atoms with Crippen molar-refractivity contribution in [1.82, 2.24) is 0 Å². The molecule has 2 amide bonds. The molecule has 1 aliphatic rings. The van der Waals surface area contributed by atoms with Gasteiger partial charge in [0.25, 0.3) is 5.91 Å². The second-order valence-electron chi connectivity index (χ2n) is 6.12. The van der Waals surface area contributed by atoms with Gasteiger partial charge in [0.1, 0.15) is 11.4 Å². The Hall–Kier alpha value is -2.79. The number of hydrogen-bond acceptors (Lipinski definition) is 3. The molecule has 0 bridgehead atoms. The largest absolute Gasteiger partial charge is 0.476 e. The lowest BCUT2D eigenvalue weighted by Crippen LogP contribution is -2.45. The van der Waals surface area contributed by atoms with Crippen LogP contribution in [0.5, 0.6) is 5.75 Å². The smallest absolute Gasteiger partial charge is 0.268 e. The van der Waals surface area contributed by atoms with Crippen molar-refractivity contribution in [2.45, 2.75) is 19.4 Å². The van der Waals surface area contributed by atoms with E-state index in [4.69, 9.17) is 16.3 Å². The quantitative estimate of drug-likeness (QED) is 0.813. The van der Waals surface area contributed by atoms with Crippen molar-refractivity contribution >= 4 is 40.9 Å². The molecule has 0 radical (unpaired) electrons. The minimum absolute atomic E-state index is 0.265. The van der Waals surface area contributed by atoms with Crippen LogP contribution in [0.3, 0.4) is 0 Å². The summed E-state index contributed by atoms with van der Waals surface area (Å²) < 4.78 is 5.70. The van der Waals surface area contributed by atoms with Crippen molar-refractivity contribution in [3.63, 3.8) is 0 Å². The van der Waals surface area contributed by atoms with Gasteiger partial charge in [0.2, 0.25) is 5.91 Å². The van der Waals surface area contributed by atoms with Gasteiger partial charge in [-0.15, -0.1) is 0 Å². The molecular formula is C19H17ClN2O3. The Bertz CT molecular complexity index is 857. The van der Waals surface area contributed by atoms with Crippen molar-refractivity contribution in [2.24, 2.45) is 0 Å². The first-order valence-corrected chi connectivity index (χ1v) is 8.11. The van der Waals surface area contributed by atoms with E-state index in [9.17, 15) is 9.59 Å². The SMILES string of the molecule is CC1(C)Oc2cccc(NC(=O)/C=C/c3ccc(Cl)cc3)c2NC1=O. The Morgan fingerprint density at radius 3 is 2.64 bits per heavy atom. The third kappa shape index (κ3) is 3.83. The molecule has 0 fully saturated rings. The highest BCUT2D eigenvalue weighted by molar-refractivity contribution is 6.30. The number of benzene rings is 2. The van der Waals surface area contributed by atoms with Gasteiger partial charge in [-0.2, -0.15) is 0 Å². The summed E-state index contributed by atoms with van der Waals surface area (Å²) in [4.78, 5) is 24.3. The fraction of sp³-hybridized carbons (Fsp3) is 0.158. The molecule has 128 valence electrons. The topological polar surface area (TPSA) is 67.4 Å². The highest BCUT2D eigenvalue weighted by atomic mass is 35.5. The number of carbonyl (C=O) groups is 2. The van der Waals surface area contributed by atoms with Crippen LogP contribution >= 0.6 is 11.6 Å². The molecular weight excluding hydrogens is 340 g/mol. The van der Waals surface area contributed by atoms with E-state index in [2.05, 4.69) is 10.6 Å². The number of para-hydroxylation sites is 1. The van der Waals surface area contributed by atoms with Crippen LogP contribution in [0.4, 0.5) is 11.4 Å². The number of halogens is 1. The van der Waals surface area contributed by atoms with Gasteiger partial charge in [-0.3, -0.25) is 9.59 Å². The molecule has 2 N–H and O–H groups in total. The molecule has 0 spiro atoms. The summed E-state index contributed by atoms with van der Waals surface area (Å²) in [5.41, 5.74) is 0.838. The standard InChI is InChI=1S/C19H17ClN2O3/c1-19(2)18(24)22-17-14(4-3-5-15(17)25-19)21-16(23)11-8-12-6-9-13(20)10-7-12/h3-11H,1-2H3,(H,21,23)(H,22,24)/b11-8+. The van der Waals surface area contributed by atoms with E-state index in [1.165, 1.54) is 6.08 Å². The molecule has 0 atom stereocenters. The average molecular weight is 357 g/mol. The fourth-order valence-electron chi connectivity index (χ4n) is 2.35. The van der Waals surface area contributed by atoms with E-state index >= 15 is 0 Å². The van der Waals surface area contributed by atoms with Gasteiger partial charge in [-0.25, -0.2) is 0 Å². The van der Waals surface area contributed by atoms with Gasteiger partial charge in [-0.1, -0.05) is 29.8 Å². The monoisotopic (exact) mass is 356 g/mol. The number of ether oxygens (including phenoxy) is 1. The molecule has 2 aromatic rings. The fourth-order valence-corrected chi connectivity index (χ4v) is 2.48. The van der Waals surface area contributed by atoms with Crippen molar-refractivity contribution in [1.29, 1.82) is 0 Å². The predicted molar refractivity (Wildman–Crippen MR) is 98.9 cm³/mol. The summed E-state index contributed by atoms with van der Waals surface area (Å²) in [5.74, 6) is -0.0649. The van der Waals surface area contributed by atoms with Gasteiger partial charge >= 0.3 is 0 Å². The summed E-state index contributed by atoms with van der Waals surface area (Å²) in [6, 6.07) is 12.3. The van der Waals surface area contributed by atoms with Crippen molar-refractivity contribution in [2.75, 3.05) is 10.6 Å². The predicted octanol–water partition coefficient (Wildman–Crippen LogP) is 4.10. The molecule has 0 aromatic heterocycles. The molecule has 25 heavy (non-hydrogen) atoms. The maximum atomic E-state index is 12.2. The first-order valence-electron chi connectivity index (χ1n) is 7.73. The highest BCUT2D eigenvalue weighted by Crippen LogP contribution is 2.38. The molecule has 1 heterocycles. The molecule has 0 saturated heterocycles. The maximum Gasteiger partial charge on any atom is 0.268 e. The van der Waals surface area contributed by atoms with Crippen molar-refractivity contribution in [3.05, 3.63) is 59.1 Å². The van der Waals surface area contributed by atoms with Crippen LogP contribution in [0, 0.1) is 0 Å². The summed E-state index contributed by atoms with van der Waals surface area (Å²) in [6.45, 7) is 3.37. The Balaban J connectivity index is 1.76. The Morgan fingerprint density at radius 2 is 1.92 bits per heavy atom. The normalized spacial score (nSPS) is 15.2. The van der Waals surface area contributed by atoms with Crippen LogP contribution in [-0.4, -0.2) is 17.4 Å². The lowest BCUT2D eigenvalue weighted by Gasteiger charge is -2.32. The zero-order valence-corrected chi connectivity index (χ0v) is 14.6. The minimum Gasteiger partial charge on any atom is -0.476 e. The molecule has 1 aliphatic heterocycles. The average Bonchev–Trinajstić information content (AvgIpc) is 2.56. The van der Waals surface area contributed by atoms with Crippen LogP contribution in [0.2, 0.25) is 5.02 Å². The number of hydrogen-bond donors (Lipinski definition) is 2. The molecule has 0 unspecified atom stereocenters. The molecule has 0 aliphatic carbocycles. The third-order valence-corrected chi connectivity index (χ3v) is 3.98. The first kappa shape index (κ1) is 17.0. The van der Waals surface area contributed by atoms with Crippen LogP contribution in [0.15, 0.2) is 48.5 Å². The Labute approximate surface area is 150 Å². The zero-order chi connectivity index (χ0) is 18.0. The van der Waals surface area contributed by atoms with Gasteiger partial charge < -0.3 is 15.4 Å². The van der Waals surface area contributed by atoms with E-state index in [0.29, 0.717) is 22.1 Å². The zero-order valence-electron chi connectivity index (χ0n) is 13.8. The number of nitrogens with one attached hydrogen (secondary N) is 2. The molecule has 2 aromatic carbocycles. The van der Waals surface area contributed by atoms with Gasteiger partial charge in [0, 0.05) is 11.1 Å². The van der Waals surface area contributed by atoms with Crippen molar-refractivity contribution in [3.8, 4) is 5.75 Å². The second kappa shape index (κ2) is 6.61. The molecule has 3 rings (SSSR count). The van der Waals surface area contributed by atoms with E-state index in [1.807, 2.05) is 12.1 Å². The summed E-state index contributed by atoms with van der Waals surface area (Å²) in [6.07, 6.45) is 3.09. The molecule has 6 heteroatoms. The van der Waals surface area contributed by atoms with Crippen molar-refractivity contribution < 1.29 is 14.3 Å². The number of rotatable bonds is 3. The van der Waals surface area contributed by atoms with Crippen LogP contribution in [0.1, 0.15) is 19.4 Å². The van der Waals surface area contributed by atoms with E-state index in [-0.39, 0.29) is 11.8 Å². The highest BCUT2D eigenvalue weighted by Gasteiger charge is 2.36. The number of fused-ring (bicyclic) bond motifs is 1. The number of carbonyl (C=O) groups excluding carboxylic acids is 2. The lowest BCUT2D eigenvalue weighted by atomic mass is 10.1. The molecule has 5 nitrogen and oxygen atoms in total. The van der Waals surface area contributed by atoms with Crippen LogP contribution in [-0.2, 0) is 9.59 Å². The number of anilines is 2. The van der Waals surface area contributed by atoms with Gasteiger partial charge in [0.05, 0.1) is 5.69 Å². The minimum atomic E-state index is -0.954. The molecule has 0 saturated carbocycles. The Kier molecular flexibility index (Phi) is 4.51. The lowest BCUT2D eigenvalue weighted by molar-refractivity contribution is -0.129. The summed E-state index contributed by atoms with van der Waals surface area (Å²) >= 11 is 5.83. The summed E-state index contributed by atoms with van der Waals surface area (Å²) in [7, 11) is 0. The first-order chi connectivity index (χ1) is 11.8. The third-order valence-electron chi connectivity index (χ3n) is 3.73. The summed E-state index contributed by atoms with van der Waals surface area (Å²) in [5, 5.41) is 6.18. The van der Waals surface area contributed by atoms with E-state index < -0.39 is 5.60 Å². The van der Waals surface area contributed by atoms with Gasteiger partial charge in [-0.05, 0) is 49.8 Å². The van der Waals surface area contributed by atoms with Crippen LogP contribution < -0.4 is 15.4 Å². The second-order valence-corrected chi connectivity index (χ2v) is 6.56. The van der Waals surface area contributed by atoms with Gasteiger partial charge in [0.15, 0.2) is 5.60 Å². The van der Waals surface area contributed by atoms with E-state index in [0.717, 1.165) is 5.56 Å². The maximum absolute atomic E-state index is 12.2. The van der Waals surface area contributed by atoms with Crippen LogP contribution in [0.25, 0.3) is 6.08 Å². The number of amides is 2. The van der Waals surface area contributed by atoms with E-state index in [1.54, 1.807) is 50.3 Å².